The zero-order valence-corrected chi connectivity index (χ0v) is 13.9. The van der Waals surface area contributed by atoms with E-state index in [-0.39, 0.29) is 20.9 Å². The number of unbranched alkanes of at least 4 members (excludes halogenated alkanes) is 3. The van der Waals surface area contributed by atoms with Crippen molar-refractivity contribution >= 4 is 24.1 Å². The fourth-order valence-corrected chi connectivity index (χ4v) is 4.07. The maximum absolute atomic E-state index is 12.4. The van der Waals surface area contributed by atoms with Crippen LogP contribution in [0.15, 0.2) is 30.3 Å². The minimum atomic E-state index is -0.105. The number of carbonyl (C=O) groups is 1. The van der Waals surface area contributed by atoms with Gasteiger partial charge < -0.3 is 0 Å². The van der Waals surface area contributed by atoms with E-state index in [1.54, 1.807) is 0 Å². The molecule has 0 saturated carbocycles. The minimum absolute atomic E-state index is 0.0895. The molecule has 1 unspecified atom stereocenters. The Morgan fingerprint density at radius 2 is 1.95 bits per heavy atom. The van der Waals surface area contributed by atoms with Gasteiger partial charge in [0, 0.05) is 0 Å². The predicted octanol–water partition coefficient (Wildman–Crippen LogP) is 3.43. The van der Waals surface area contributed by atoms with Gasteiger partial charge in [-0.2, -0.15) is 0 Å². The molecule has 20 heavy (non-hydrogen) atoms. The van der Waals surface area contributed by atoms with E-state index in [1.165, 1.54) is 19.3 Å². The van der Waals surface area contributed by atoms with Gasteiger partial charge in [0.1, 0.15) is 0 Å². The van der Waals surface area contributed by atoms with Crippen LogP contribution in [0, 0.1) is 17.2 Å². The van der Waals surface area contributed by atoms with E-state index >= 15 is 0 Å². The topological polar surface area (TPSA) is 40.9 Å². The van der Waals surface area contributed by atoms with E-state index in [4.69, 9.17) is 5.26 Å². The summed E-state index contributed by atoms with van der Waals surface area (Å²) >= 11 is -0.105. The molecule has 108 valence electrons. The van der Waals surface area contributed by atoms with Crippen LogP contribution in [-0.2, 0) is 4.79 Å². The van der Waals surface area contributed by atoms with Crippen molar-refractivity contribution in [3.05, 3.63) is 30.3 Å². The van der Waals surface area contributed by atoms with Crippen LogP contribution in [-0.4, -0.2) is 19.6 Å². The molecule has 0 heterocycles. The van der Waals surface area contributed by atoms with Crippen LogP contribution in [0.3, 0.4) is 0 Å². The molecule has 0 N–H and O–H groups in total. The molecule has 1 atom stereocenters. The zero-order valence-electron chi connectivity index (χ0n) is 12.2. The molecular weight excluding hydrogens is 313 g/mol. The Bertz CT molecular complexity index is 424. The summed E-state index contributed by atoms with van der Waals surface area (Å²) in [4.78, 5) is 12.4. The Kier molecular flexibility index (Phi) is 9.03. The first kappa shape index (κ1) is 17.0. The Balaban J connectivity index is 2.48. The summed E-state index contributed by atoms with van der Waals surface area (Å²) in [6, 6.07) is 12.2. The van der Waals surface area contributed by atoms with Gasteiger partial charge in [0.2, 0.25) is 0 Å². The third kappa shape index (κ3) is 6.89. The van der Waals surface area contributed by atoms with Crippen molar-refractivity contribution in [3.8, 4) is 6.07 Å². The SMILES string of the molecule is CCCCCCC(CCC#N)C(=O)[Se]c1ccccc1. The summed E-state index contributed by atoms with van der Waals surface area (Å²) in [7, 11) is 0. The van der Waals surface area contributed by atoms with Crippen LogP contribution < -0.4 is 4.46 Å². The molecule has 0 aliphatic rings. The van der Waals surface area contributed by atoms with Gasteiger partial charge in [0.05, 0.1) is 0 Å². The Hall–Kier alpha value is -1.10. The number of hydrogen-bond donors (Lipinski definition) is 0. The van der Waals surface area contributed by atoms with Crippen molar-refractivity contribution in [2.45, 2.75) is 51.9 Å². The van der Waals surface area contributed by atoms with Crippen LogP contribution >= 0.6 is 0 Å². The van der Waals surface area contributed by atoms with Gasteiger partial charge in [0.25, 0.3) is 0 Å². The molecule has 0 fully saturated rings. The van der Waals surface area contributed by atoms with E-state index in [9.17, 15) is 4.79 Å². The Morgan fingerprint density at radius 1 is 1.20 bits per heavy atom. The van der Waals surface area contributed by atoms with Crippen molar-refractivity contribution in [1.82, 2.24) is 0 Å². The zero-order chi connectivity index (χ0) is 14.6. The van der Waals surface area contributed by atoms with Gasteiger partial charge in [0.15, 0.2) is 0 Å². The third-order valence-corrected chi connectivity index (χ3v) is 5.49. The van der Waals surface area contributed by atoms with Crippen molar-refractivity contribution in [3.63, 3.8) is 0 Å². The number of hydrogen-bond acceptors (Lipinski definition) is 2. The van der Waals surface area contributed by atoms with E-state index in [0.29, 0.717) is 11.1 Å². The van der Waals surface area contributed by atoms with Crippen molar-refractivity contribution in [2.24, 2.45) is 5.92 Å². The number of benzene rings is 1. The molecule has 0 aromatic heterocycles. The second kappa shape index (κ2) is 10.7. The molecule has 2 nitrogen and oxygen atoms in total. The number of rotatable bonds is 10. The summed E-state index contributed by atoms with van der Waals surface area (Å²) < 4.78 is 1.50. The molecule has 0 saturated heterocycles. The van der Waals surface area contributed by atoms with Crippen molar-refractivity contribution in [1.29, 1.82) is 5.26 Å². The molecule has 0 aliphatic heterocycles. The van der Waals surface area contributed by atoms with E-state index in [2.05, 4.69) is 13.0 Å². The Labute approximate surface area is 128 Å². The average molecular weight is 336 g/mol. The first-order valence-electron chi connectivity index (χ1n) is 7.41. The van der Waals surface area contributed by atoms with E-state index in [0.717, 1.165) is 23.7 Å². The average Bonchev–Trinajstić information content (AvgIpc) is 2.47. The second-order valence-electron chi connectivity index (χ2n) is 4.98. The maximum atomic E-state index is 12.4. The van der Waals surface area contributed by atoms with Gasteiger partial charge in [-0.15, -0.1) is 0 Å². The summed E-state index contributed by atoms with van der Waals surface area (Å²) in [5.41, 5.74) is 0. The van der Waals surface area contributed by atoms with Crippen molar-refractivity contribution < 1.29 is 4.79 Å². The van der Waals surface area contributed by atoms with Gasteiger partial charge in [-0.1, -0.05) is 0 Å². The monoisotopic (exact) mass is 337 g/mol. The Morgan fingerprint density at radius 3 is 2.60 bits per heavy atom. The molecule has 1 aromatic rings. The molecular formula is C17H23NOSe. The molecule has 1 rings (SSSR count). The quantitative estimate of drug-likeness (QED) is 0.485. The number of carbonyl (C=O) groups excluding carboxylic acids is 1. The van der Waals surface area contributed by atoms with E-state index < -0.39 is 0 Å². The molecule has 3 heteroatoms. The predicted molar refractivity (Wildman–Crippen MR) is 83.9 cm³/mol. The van der Waals surface area contributed by atoms with Gasteiger partial charge in [-0.25, -0.2) is 0 Å². The normalized spacial score (nSPS) is 11.8. The molecule has 1 aromatic carbocycles. The fourth-order valence-electron chi connectivity index (χ4n) is 2.12. The van der Waals surface area contributed by atoms with Gasteiger partial charge >= 0.3 is 128 Å². The molecule has 0 radical (unpaired) electrons. The van der Waals surface area contributed by atoms with Crippen LogP contribution in [0.4, 0.5) is 0 Å². The van der Waals surface area contributed by atoms with Crippen LogP contribution in [0.5, 0.6) is 0 Å². The molecule has 0 amide bonds. The molecule has 0 bridgehead atoms. The van der Waals surface area contributed by atoms with Crippen molar-refractivity contribution in [2.75, 3.05) is 0 Å². The standard InChI is InChI=1S/C17H23NOSe/c1-2-3-4-6-10-15(11-9-14-18)17(19)20-16-12-7-5-8-13-16/h5,7-8,12-13,15H,2-4,6,9-11H2,1H3. The summed E-state index contributed by atoms with van der Waals surface area (Å²) in [5.74, 6) is 0.0895. The number of nitrogens with zero attached hydrogens (tertiary/aromatic N) is 1. The van der Waals surface area contributed by atoms with Crippen LogP contribution in [0.25, 0.3) is 0 Å². The first-order valence-corrected chi connectivity index (χ1v) is 9.13. The summed E-state index contributed by atoms with van der Waals surface area (Å²) in [5, 5.41) is 8.74. The van der Waals surface area contributed by atoms with Gasteiger partial charge in [-0.3, -0.25) is 0 Å². The summed E-state index contributed by atoms with van der Waals surface area (Å²) in [6.07, 6.45) is 6.94. The first-order chi connectivity index (χ1) is 9.77. The molecule has 0 spiro atoms. The number of nitriles is 1. The second-order valence-corrected chi connectivity index (χ2v) is 7.24. The van der Waals surface area contributed by atoms with Gasteiger partial charge in [-0.05, 0) is 0 Å². The fraction of sp³-hybridized carbons (Fsp3) is 0.529. The third-order valence-electron chi connectivity index (χ3n) is 3.31. The van der Waals surface area contributed by atoms with E-state index in [1.807, 2.05) is 30.3 Å². The summed E-state index contributed by atoms with van der Waals surface area (Å²) in [6.45, 7) is 2.19. The van der Waals surface area contributed by atoms with Crippen LogP contribution in [0.1, 0.15) is 51.9 Å². The molecule has 0 aliphatic carbocycles. The van der Waals surface area contributed by atoms with Crippen LogP contribution in [0.2, 0.25) is 0 Å².